The molecule has 140 valence electrons. The third-order valence-electron chi connectivity index (χ3n) is 6.83. The molecule has 3 heteroatoms. The fourth-order valence-electron chi connectivity index (χ4n) is 5.26. The Morgan fingerprint density at radius 1 is 0.960 bits per heavy atom. The van der Waals surface area contributed by atoms with Crippen molar-refractivity contribution in [3.05, 3.63) is 28.8 Å². The van der Waals surface area contributed by atoms with Crippen molar-refractivity contribution in [2.45, 2.75) is 89.9 Å². The van der Waals surface area contributed by atoms with Crippen LogP contribution in [0.15, 0.2) is 12.1 Å². The molecule has 1 nitrogen and oxygen atoms in total. The van der Waals surface area contributed by atoms with Crippen LogP contribution in [0, 0.1) is 23.7 Å². The van der Waals surface area contributed by atoms with E-state index in [4.69, 9.17) is 11.6 Å². The summed E-state index contributed by atoms with van der Waals surface area (Å²) in [6.07, 6.45) is 16.1. The highest BCUT2D eigenvalue weighted by Gasteiger charge is 2.32. The van der Waals surface area contributed by atoms with Crippen molar-refractivity contribution in [1.29, 1.82) is 0 Å². The highest BCUT2D eigenvalue weighted by atomic mass is 35.5. The van der Waals surface area contributed by atoms with Crippen molar-refractivity contribution in [2.24, 2.45) is 17.8 Å². The van der Waals surface area contributed by atoms with Crippen LogP contribution in [0.25, 0.3) is 0 Å². The topological polar surface area (TPSA) is 12.9 Å². The quantitative estimate of drug-likeness (QED) is 0.375. The van der Waals surface area contributed by atoms with Crippen LogP contribution in [0.2, 0.25) is 5.15 Å². The van der Waals surface area contributed by atoms with Gasteiger partial charge in [0.25, 0.3) is 0 Å². The van der Waals surface area contributed by atoms with Gasteiger partial charge >= 0.3 is 0 Å². The highest BCUT2D eigenvalue weighted by Crippen LogP contribution is 2.44. The molecule has 0 bridgehead atoms. The fourth-order valence-corrected chi connectivity index (χ4v) is 5.40. The molecular weight excluding hydrogens is 333 g/mol. The van der Waals surface area contributed by atoms with Gasteiger partial charge in [-0.2, -0.15) is 4.39 Å². The summed E-state index contributed by atoms with van der Waals surface area (Å²) in [5.41, 5.74) is 0.780. The molecule has 0 atom stereocenters. The molecule has 2 fully saturated rings. The zero-order valence-electron chi connectivity index (χ0n) is 15.7. The molecule has 25 heavy (non-hydrogen) atoms. The summed E-state index contributed by atoms with van der Waals surface area (Å²) in [4.78, 5) is 3.80. The monoisotopic (exact) mass is 365 g/mol. The van der Waals surface area contributed by atoms with E-state index in [1.165, 1.54) is 64.2 Å². The summed E-state index contributed by atoms with van der Waals surface area (Å²) in [5, 5.41) is 0.255. The molecule has 0 spiro atoms. The summed E-state index contributed by atoms with van der Waals surface area (Å²) >= 11 is 5.78. The van der Waals surface area contributed by atoms with E-state index in [9.17, 15) is 4.39 Å². The number of hydrogen-bond donors (Lipinski definition) is 0. The molecule has 2 saturated carbocycles. The number of hydrogen-bond acceptors (Lipinski definition) is 1. The van der Waals surface area contributed by atoms with Crippen LogP contribution in [0.1, 0.15) is 95.5 Å². The first-order chi connectivity index (χ1) is 12.2. The van der Waals surface area contributed by atoms with E-state index in [0.29, 0.717) is 5.92 Å². The van der Waals surface area contributed by atoms with Gasteiger partial charge in [0.2, 0.25) is 5.95 Å². The number of rotatable bonds is 6. The van der Waals surface area contributed by atoms with E-state index in [2.05, 4.69) is 11.9 Å². The molecule has 2 aliphatic rings. The van der Waals surface area contributed by atoms with E-state index in [1.807, 2.05) is 6.07 Å². The second-order valence-electron chi connectivity index (χ2n) is 8.40. The average Bonchev–Trinajstić information content (AvgIpc) is 2.63. The molecule has 0 N–H and O–H groups in total. The van der Waals surface area contributed by atoms with Crippen LogP contribution in [0.5, 0.6) is 0 Å². The van der Waals surface area contributed by atoms with Crippen molar-refractivity contribution in [1.82, 2.24) is 4.98 Å². The Labute approximate surface area is 157 Å². The Bertz CT molecular complexity index is 531. The minimum absolute atomic E-state index is 0.255. The zero-order valence-corrected chi connectivity index (χ0v) is 16.4. The first-order valence-corrected chi connectivity index (χ1v) is 10.9. The largest absolute Gasteiger partial charge is 0.217 e. The van der Waals surface area contributed by atoms with E-state index in [-0.39, 0.29) is 11.1 Å². The number of pyridine rings is 1. The van der Waals surface area contributed by atoms with Crippen LogP contribution in [-0.4, -0.2) is 4.98 Å². The summed E-state index contributed by atoms with van der Waals surface area (Å²) in [6.45, 7) is 2.29. The van der Waals surface area contributed by atoms with Crippen LogP contribution in [-0.2, 0) is 0 Å². The van der Waals surface area contributed by atoms with Crippen molar-refractivity contribution in [3.63, 3.8) is 0 Å². The highest BCUT2D eigenvalue weighted by molar-refractivity contribution is 6.29. The lowest BCUT2D eigenvalue weighted by Crippen LogP contribution is -2.25. The van der Waals surface area contributed by atoms with E-state index >= 15 is 0 Å². The first-order valence-electron chi connectivity index (χ1n) is 10.5. The molecular formula is C22H33ClFN. The maximum atomic E-state index is 14.1. The Kier molecular flexibility index (Phi) is 7.16. The summed E-state index contributed by atoms with van der Waals surface area (Å²) in [5.74, 6) is 2.77. The zero-order chi connectivity index (χ0) is 17.6. The lowest BCUT2D eigenvalue weighted by molar-refractivity contribution is 0.155. The van der Waals surface area contributed by atoms with Gasteiger partial charge in [-0.1, -0.05) is 63.1 Å². The normalized spacial score (nSPS) is 30.4. The minimum Gasteiger partial charge on any atom is -0.208 e. The van der Waals surface area contributed by atoms with Gasteiger partial charge in [-0.15, -0.1) is 0 Å². The molecule has 1 aromatic rings. The Morgan fingerprint density at radius 3 is 2.20 bits per heavy atom. The smallest absolute Gasteiger partial charge is 0.208 e. The first kappa shape index (κ1) is 19.1. The predicted molar refractivity (Wildman–Crippen MR) is 103 cm³/mol. The van der Waals surface area contributed by atoms with Gasteiger partial charge in [0.1, 0.15) is 5.15 Å². The molecule has 2 aliphatic carbocycles. The van der Waals surface area contributed by atoms with Crippen LogP contribution < -0.4 is 0 Å². The van der Waals surface area contributed by atoms with Crippen molar-refractivity contribution in [2.75, 3.05) is 0 Å². The molecule has 0 radical (unpaired) electrons. The Hall–Kier alpha value is -0.630. The summed E-state index contributed by atoms with van der Waals surface area (Å²) in [6, 6.07) is 3.57. The van der Waals surface area contributed by atoms with Crippen LogP contribution >= 0.6 is 11.6 Å². The van der Waals surface area contributed by atoms with E-state index in [0.717, 1.165) is 36.2 Å². The van der Waals surface area contributed by atoms with Crippen LogP contribution in [0.3, 0.4) is 0 Å². The Balaban J connectivity index is 1.44. The molecule has 0 aromatic carbocycles. The molecule has 0 amide bonds. The number of unbranched alkanes of at least 4 members (excludes halogenated alkanes) is 2. The maximum absolute atomic E-state index is 14.1. The second kappa shape index (κ2) is 9.35. The molecule has 0 unspecified atom stereocenters. The second-order valence-corrected chi connectivity index (χ2v) is 8.79. The molecule has 3 rings (SSSR count). The van der Waals surface area contributed by atoms with Crippen molar-refractivity contribution >= 4 is 11.6 Å². The standard InChI is InChI=1S/C22H33ClFN/c1-2-3-4-5-16-6-8-17(9-7-16)18-10-12-19(13-11-18)20-14-15-21(23)25-22(20)24/h14-19H,2-13H2,1H3/t16-,17-,18?,19?. The lowest BCUT2D eigenvalue weighted by Gasteiger charge is -2.38. The summed E-state index contributed by atoms with van der Waals surface area (Å²) < 4.78 is 14.1. The van der Waals surface area contributed by atoms with Crippen LogP contribution in [0.4, 0.5) is 4.39 Å². The van der Waals surface area contributed by atoms with Gasteiger partial charge in [-0.25, -0.2) is 4.98 Å². The SMILES string of the molecule is CCCCC[C@H]1CC[C@H](C2CCC(c3ccc(Cl)nc3F)CC2)CC1. The molecule has 0 saturated heterocycles. The average molecular weight is 366 g/mol. The Morgan fingerprint density at radius 2 is 1.60 bits per heavy atom. The minimum atomic E-state index is -0.358. The maximum Gasteiger partial charge on any atom is 0.217 e. The molecule has 1 heterocycles. The van der Waals surface area contributed by atoms with Crippen molar-refractivity contribution in [3.8, 4) is 0 Å². The van der Waals surface area contributed by atoms with Gasteiger partial charge in [-0.05, 0) is 68.3 Å². The summed E-state index contributed by atoms with van der Waals surface area (Å²) in [7, 11) is 0. The van der Waals surface area contributed by atoms with E-state index in [1.54, 1.807) is 6.07 Å². The van der Waals surface area contributed by atoms with Gasteiger partial charge in [-0.3, -0.25) is 0 Å². The van der Waals surface area contributed by atoms with Gasteiger partial charge in [0, 0.05) is 5.56 Å². The van der Waals surface area contributed by atoms with E-state index < -0.39 is 0 Å². The fraction of sp³-hybridized carbons (Fsp3) is 0.773. The molecule has 0 aliphatic heterocycles. The number of nitrogens with zero attached hydrogens (tertiary/aromatic N) is 1. The number of aromatic nitrogens is 1. The molecule has 1 aromatic heterocycles. The van der Waals surface area contributed by atoms with Gasteiger partial charge in [0.15, 0.2) is 0 Å². The number of halogens is 2. The third kappa shape index (κ3) is 5.18. The van der Waals surface area contributed by atoms with Crippen molar-refractivity contribution < 1.29 is 4.39 Å². The van der Waals surface area contributed by atoms with Gasteiger partial charge in [0.05, 0.1) is 0 Å². The third-order valence-corrected chi connectivity index (χ3v) is 7.04. The lowest BCUT2D eigenvalue weighted by atomic mass is 9.68. The van der Waals surface area contributed by atoms with Gasteiger partial charge < -0.3 is 0 Å². The predicted octanol–water partition coefficient (Wildman–Crippen LogP) is 7.53.